The van der Waals surface area contributed by atoms with Gasteiger partial charge < -0.3 is 5.11 Å². The molecule has 1 aliphatic rings. The van der Waals surface area contributed by atoms with Gasteiger partial charge in [-0.2, -0.15) is 5.26 Å². The second kappa shape index (κ2) is 5.81. The van der Waals surface area contributed by atoms with Crippen LogP contribution in [0.25, 0.3) is 0 Å². The smallest absolute Gasteiger partial charge is 0.0641 e. The summed E-state index contributed by atoms with van der Waals surface area (Å²) in [6, 6.07) is 12.6. The van der Waals surface area contributed by atoms with Gasteiger partial charge in [-0.1, -0.05) is 30.3 Å². The summed E-state index contributed by atoms with van der Waals surface area (Å²) in [4.78, 5) is 2.31. The lowest BCUT2D eigenvalue weighted by molar-refractivity contribution is 0.0613. The lowest BCUT2D eigenvalue weighted by Gasteiger charge is -2.35. The molecule has 1 aromatic rings. The second-order valence-corrected chi connectivity index (χ2v) is 4.56. The molecular formula is C14H18N2O. The minimum Gasteiger partial charge on any atom is -0.393 e. The van der Waals surface area contributed by atoms with Gasteiger partial charge in [-0.3, -0.25) is 4.90 Å². The van der Waals surface area contributed by atoms with Gasteiger partial charge in [0.2, 0.25) is 0 Å². The molecule has 1 unspecified atom stereocenters. The Balaban J connectivity index is 2.10. The minimum absolute atomic E-state index is 0.162. The molecule has 3 heteroatoms. The summed E-state index contributed by atoms with van der Waals surface area (Å²) in [5.74, 6) is 0. The van der Waals surface area contributed by atoms with Gasteiger partial charge in [-0.15, -0.1) is 0 Å². The normalized spacial score (nSPS) is 19.8. The largest absolute Gasteiger partial charge is 0.393 e. The molecule has 1 saturated heterocycles. The monoisotopic (exact) mass is 230 g/mol. The molecule has 0 aliphatic carbocycles. The van der Waals surface area contributed by atoms with Crippen LogP contribution in [0.15, 0.2) is 30.3 Å². The van der Waals surface area contributed by atoms with Crippen LogP contribution in [0.1, 0.15) is 30.9 Å². The van der Waals surface area contributed by atoms with E-state index in [2.05, 4.69) is 23.1 Å². The van der Waals surface area contributed by atoms with Crippen molar-refractivity contribution in [3.63, 3.8) is 0 Å². The van der Waals surface area contributed by atoms with Crippen LogP contribution in [-0.2, 0) is 0 Å². The van der Waals surface area contributed by atoms with Gasteiger partial charge in [0, 0.05) is 19.1 Å². The van der Waals surface area contributed by atoms with E-state index in [1.54, 1.807) is 0 Å². The maximum atomic E-state index is 9.52. The first kappa shape index (κ1) is 12.1. The molecule has 1 fully saturated rings. The van der Waals surface area contributed by atoms with Gasteiger partial charge in [0.15, 0.2) is 0 Å². The molecule has 1 atom stereocenters. The van der Waals surface area contributed by atoms with Gasteiger partial charge in [0.1, 0.15) is 0 Å². The van der Waals surface area contributed by atoms with E-state index in [4.69, 9.17) is 5.26 Å². The van der Waals surface area contributed by atoms with Crippen LogP contribution in [-0.4, -0.2) is 29.2 Å². The number of aliphatic hydroxyl groups excluding tert-OH is 1. The van der Waals surface area contributed by atoms with E-state index in [1.165, 1.54) is 5.56 Å². The number of hydrogen-bond donors (Lipinski definition) is 1. The van der Waals surface area contributed by atoms with Crippen molar-refractivity contribution in [1.82, 2.24) is 4.90 Å². The Labute approximate surface area is 102 Å². The Morgan fingerprint density at radius 1 is 1.29 bits per heavy atom. The summed E-state index contributed by atoms with van der Waals surface area (Å²) in [5.41, 5.74) is 1.20. The highest BCUT2D eigenvalue weighted by Crippen LogP contribution is 2.27. The third kappa shape index (κ3) is 3.06. The van der Waals surface area contributed by atoms with Crippen LogP contribution < -0.4 is 0 Å². The fraction of sp³-hybridized carbons (Fsp3) is 0.500. The summed E-state index contributed by atoms with van der Waals surface area (Å²) in [6.07, 6.45) is 1.98. The SMILES string of the molecule is N#CCC(c1ccccc1)N1CCC(O)CC1. The maximum Gasteiger partial charge on any atom is 0.0641 e. The number of likely N-dealkylation sites (tertiary alicyclic amines) is 1. The van der Waals surface area contributed by atoms with Crippen molar-refractivity contribution in [3.05, 3.63) is 35.9 Å². The molecule has 0 bridgehead atoms. The number of benzene rings is 1. The first-order valence-corrected chi connectivity index (χ1v) is 6.15. The number of nitriles is 1. The Morgan fingerprint density at radius 3 is 2.53 bits per heavy atom. The highest BCUT2D eigenvalue weighted by molar-refractivity contribution is 5.20. The number of piperidine rings is 1. The quantitative estimate of drug-likeness (QED) is 0.865. The van der Waals surface area contributed by atoms with Crippen molar-refractivity contribution >= 4 is 0 Å². The van der Waals surface area contributed by atoms with Gasteiger partial charge in [0.25, 0.3) is 0 Å². The molecule has 0 aromatic heterocycles. The Hall–Kier alpha value is -1.37. The highest BCUT2D eigenvalue weighted by Gasteiger charge is 2.24. The zero-order valence-corrected chi connectivity index (χ0v) is 9.92. The van der Waals surface area contributed by atoms with Crippen LogP contribution >= 0.6 is 0 Å². The summed E-state index contributed by atoms with van der Waals surface area (Å²) in [5, 5.41) is 18.5. The van der Waals surface area contributed by atoms with E-state index in [-0.39, 0.29) is 12.1 Å². The summed E-state index contributed by atoms with van der Waals surface area (Å²) < 4.78 is 0. The van der Waals surface area contributed by atoms with Gasteiger partial charge >= 0.3 is 0 Å². The predicted octanol–water partition coefficient (Wildman–Crippen LogP) is 2.10. The van der Waals surface area contributed by atoms with Crippen molar-refractivity contribution in [2.24, 2.45) is 0 Å². The van der Waals surface area contributed by atoms with E-state index in [0.29, 0.717) is 6.42 Å². The van der Waals surface area contributed by atoms with Crippen molar-refractivity contribution in [3.8, 4) is 6.07 Å². The van der Waals surface area contributed by atoms with Crippen LogP contribution in [0.5, 0.6) is 0 Å². The molecule has 1 N–H and O–H groups in total. The minimum atomic E-state index is -0.162. The molecule has 0 spiro atoms. The van der Waals surface area contributed by atoms with E-state index in [9.17, 15) is 5.11 Å². The second-order valence-electron chi connectivity index (χ2n) is 4.56. The fourth-order valence-electron chi connectivity index (χ4n) is 2.42. The third-order valence-corrected chi connectivity index (χ3v) is 3.41. The predicted molar refractivity (Wildman–Crippen MR) is 66.2 cm³/mol. The molecule has 1 aliphatic heterocycles. The van der Waals surface area contributed by atoms with Crippen LogP contribution in [0.2, 0.25) is 0 Å². The topological polar surface area (TPSA) is 47.3 Å². The summed E-state index contributed by atoms with van der Waals surface area (Å²) in [6.45, 7) is 1.75. The van der Waals surface area contributed by atoms with Crippen LogP contribution in [0, 0.1) is 11.3 Å². The number of rotatable bonds is 3. The Kier molecular flexibility index (Phi) is 4.13. The molecule has 2 rings (SSSR count). The zero-order chi connectivity index (χ0) is 12.1. The first-order chi connectivity index (χ1) is 8.31. The number of aliphatic hydroxyl groups is 1. The standard InChI is InChI=1S/C14H18N2O/c15-9-6-14(12-4-2-1-3-5-12)16-10-7-13(17)8-11-16/h1-5,13-14,17H,6-8,10-11H2. The van der Waals surface area contributed by atoms with Crippen molar-refractivity contribution < 1.29 is 5.11 Å². The number of hydrogen-bond acceptors (Lipinski definition) is 3. The summed E-state index contributed by atoms with van der Waals surface area (Å²) >= 11 is 0. The van der Waals surface area contributed by atoms with Crippen molar-refractivity contribution in [2.45, 2.75) is 31.4 Å². The van der Waals surface area contributed by atoms with E-state index >= 15 is 0 Å². The third-order valence-electron chi connectivity index (χ3n) is 3.41. The van der Waals surface area contributed by atoms with Crippen LogP contribution in [0.4, 0.5) is 0 Å². The summed E-state index contributed by atoms with van der Waals surface area (Å²) in [7, 11) is 0. The Bertz CT molecular complexity index is 377. The zero-order valence-electron chi connectivity index (χ0n) is 9.92. The van der Waals surface area contributed by atoms with E-state index in [0.717, 1.165) is 25.9 Å². The molecule has 90 valence electrons. The molecule has 0 amide bonds. The molecule has 0 radical (unpaired) electrons. The van der Waals surface area contributed by atoms with Gasteiger partial charge in [0.05, 0.1) is 18.6 Å². The maximum absolute atomic E-state index is 9.52. The molecular weight excluding hydrogens is 212 g/mol. The lowest BCUT2D eigenvalue weighted by atomic mass is 9.98. The van der Waals surface area contributed by atoms with Crippen LogP contribution in [0.3, 0.4) is 0 Å². The van der Waals surface area contributed by atoms with Gasteiger partial charge in [-0.25, -0.2) is 0 Å². The van der Waals surface area contributed by atoms with Gasteiger partial charge in [-0.05, 0) is 18.4 Å². The van der Waals surface area contributed by atoms with E-state index < -0.39 is 0 Å². The average molecular weight is 230 g/mol. The van der Waals surface area contributed by atoms with Crippen molar-refractivity contribution in [1.29, 1.82) is 5.26 Å². The molecule has 1 heterocycles. The molecule has 0 saturated carbocycles. The van der Waals surface area contributed by atoms with Crippen molar-refractivity contribution in [2.75, 3.05) is 13.1 Å². The van der Waals surface area contributed by atoms with E-state index in [1.807, 2.05) is 18.2 Å². The lowest BCUT2D eigenvalue weighted by Crippen LogP contribution is -2.38. The Morgan fingerprint density at radius 2 is 1.94 bits per heavy atom. The molecule has 3 nitrogen and oxygen atoms in total. The number of nitrogens with zero attached hydrogens (tertiary/aromatic N) is 2. The molecule has 17 heavy (non-hydrogen) atoms. The molecule has 1 aromatic carbocycles. The highest BCUT2D eigenvalue weighted by atomic mass is 16.3. The average Bonchev–Trinajstić information content (AvgIpc) is 2.38. The fourth-order valence-corrected chi connectivity index (χ4v) is 2.42. The first-order valence-electron chi connectivity index (χ1n) is 6.15.